The number of ether oxygens (including phenoxy) is 1. The summed E-state index contributed by atoms with van der Waals surface area (Å²) in [6.07, 6.45) is 1.48. The first kappa shape index (κ1) is 15.4. The van der Waals surface area contributed by atoms with E-state index in [2.05, 4.69) is 5.32 Å². The van der Waals surface area contributed by atoms with Crippen LogP contribution in [-0.2, 0) is 4.79 Å². The third-order valence-electron chi connectivity index (χ3n) is 3.58. The van der Waals surface area contributed by atoms with Crippen LogP contribution in [0.1, 0.15) is 26.7 Å². The molecule has 1 heterocycles. The minimum Gasteiger partial charge on any atom is -0.410 e. The zero-order valence-corrected chi connectivity index (χ0v) is 12.5. The molecule has 1 saturated heterocycles. The fourth-order valence-electron chi connectivity index (χ4n) is 2.40. The van der Waals surface area contributed by atoms with Gasteiger partial charge >= 0.3 is 6.09 Å². The summed E-state index contributed by atoms with van der Waals surface area (Å²) in [4.78, 5) is 26.2. The van der Waals surface area contributed by atoms with E-state index in [1.807, 2.05) is 24.8 Å². The summed E-state index contributed by atoms with van der Waals surface area (Å²) in [6, 6.07) is 8.28. The second-order valence-corrected chi connectivity index (χ2v) is 5.60. The summed E-state index contributed by atoms with van der Waals surface area (Å²) in [5.74, 6) is 0.458. The molecule has 1 aliphatic heterocycles. The summed E-state index contributed by atoms with van der Waals surface area (Å²) < 4.78 is 5.19. The number of likely N-dealkylation sites (tertiary alicyclic amines) is 1. The smallest absolute Gasteiger partial charge is 0.410 e. The maximum atomic E-state index is 12.4. The summed E-state index contributed by atoms with van der Waals surface area (Å²) >= 11 is 0. The van der Waals surface area contributed by atoms with Crippen molar-refractivity contribution in [3.05, 3.63) is 30.3 Å². The average molecular weight is 290 g/mol. The Hall–Kier alpha value is -2.04. The van der Waals surface area contributed by atoms with Crippen molar-refractivity contribution in [1.82, 2.24) is 10.2 Å². The quantitative estimate of drug-likeness (QED) is 0.926. The van der Waals surface area contributed by atoms with Crippen molar-refractivity contribution < 1.29 is 14.3 Å². The Kier molecular flexibility index (Phi) is 5.20. The first-order valence-electron chi connectivity index (χ1n) is 7.40. The Morgan fingerprint density at radius 2 is 1.76 bits per heavy atom. The van der Waals surface area contributed by atoms with Crippen molar-refractivity contribution in [3.63, 3.8) is 0 Å². The van der Waals surface area contributed by atoms with E-state index in [4.69, 9.17) is 4.74 Å². The summed E-state index contributed by atoms with van der Waals surface area (Å²) in [6.45, 7) is 5.39. The van der Waals surface area contributed by atoms with Crippen LogP contribution >= 0.6 is 0 Å². The molecule has 1 aromatic carbocycles. The number of hydrogen-bond donors (Lipinski definition) is 1. The van der Waals surface area contributed by atoms with Crippen LogP contribution in [0.25, 0.3) is 0 Å². The van der Waals surface area contributed by atoms with Gasteiger partial charge in [-0.05, 0) is 30.9 Å². The topological polar surface area (TPSA) is 58.6 Å². The maximum Gasteiger partial charge on any atom is 0.413 e. The molecule has 0 bridgehead atoms. The van der Waals surface area contributed by atoms with E-state index in [1.54, 1.807) is 24.3 Å². The van der Waals surface area contributed by atoms with Crippen LogP contribution in [0.4, 0.5) is 4.79 Å². The summed E-state index contributed by atoms with van der Waals surface area (Å²) in [5, 5.41) is 2.69. The minimum absolute atomic E-state index is 0.0152. The molecule has 1 N–H and O–H groups in total. The Bertz CT molecular complexity index is 482. The van der Waals surface area contributed by atoms with E-state index in [0.29, 0.717) is 5.75 Å². The number of carbonyl (C=O) groups excluding carboxylic acids is 2. The molecule has 0 aliphatic carbocycles. The van der Waals surface area contributed by atoms with Crippen molar-refractivity contribution in [1.29, 1.82) is 0 Å². The van der Waals surface area contributed by atoms with Gasteiger partial charge in [-0.3, -0.25) is 4.79 Å². The third-order valence-corrected chi connectivity index (χ3v) is 3.58. The van der Waals surface area contributed by atoms with Crippen LogP contribution in [-0.4, -0.2) is 36.0 Å². The highest BCUT2D eigenvalue weighted by atomic mass is 16.6. The van der Waals surface area contributed by atoms with Gasteiger partial charge in [-0.25, -0.2) is 4.79 Å². The summed E-state index contributed by atoms with van der Waals surface area (Å²) in [7, 11) is 0. The van der Waals surface area contributed by atoms with Crippen LogP contribution in [0.3, 0.4) is 0 Å². The SMILES string of the molecule is CC(C)[C@H](NC(=O)Oc1ccccc1)C(=O)N1CCCC1. The number of hydrogen-bond acceptors (Lipinski definition) is 3. The van der Waals surface area contributed by atoms with Gasteiger partial charge in [-0.15, -0.1) is 0 Å². The lowest BCUT2D eigenvalue weighted by atomic mass is 10.0. The number of carbonyl (C=O) groups is 2. The molecule has 114 valence electrons. The van der Waals surface area contributed by atoms with Gasteiger partial charge in [0.05, 0.1) is 0 Å². The van der Waals surface area contributed by atoms with Crippen LogP contribution in [0.2, 0.25) is 0 Å². The molecule has 5 nitrogen and oxygen atoms in total. The molecule has 0 radical (unpaired) electrons. The number of rotatable bonds is 4. The van der Waals surface area contributed by atoms with E-state index in [-0.39, 0.29) is 11.8 Å². The van der Waals surface area contributed by atoms with Crippen LogP contribution in [0, 0.1) is 5.92 Å². The van der Waals surface area contributed by atoms with E-state index in [1.165, 1.54) is 0 Å². The number of nitrogens with zero attached hydrogens (tertiary/aromatic N) is 1. The van der Waals surface area contributed by atoms with Crippen molar-refractivity contribution >= 4 is 12.0 Å². The molecule has 1 fully saturated rings. The molecule has 0 unspecified atom stereocenters. The monoisotopic (exact) mass is 290 g/mol. The molecule has 1 aliphatic rings. The molecule has 21 heavy (non-hydrogen) atoms. The van der Waals surface area contributed by atoms with E-state index >= 15 is 0 Å². The van der Waals surface area contributed by atoms with E-state index in [9.17, 15) is 9.59 Å². The molecule has 1 aromatic rings. The molecule has 0 spiro atoms. The lowest BCUT2D eigenvalue weighted by Crippen LogP contribution is -2.51. The van der Waals surface area contributed by atoms with Gasteiger partial charge < -0.3 is 15.0 Å². The van der Waals surface area contributed by atoms with E-state index < -0.39 is 12.1 Å². The number of para-hydroxylation sites is 1. The van der Waals surface area contributed by atoms with Gasteiger partial charge in [0, 0.05) is 13.1 Å². The number of nitrogens with one attached hydrogen (secondary N) is 1. The Morgan fingerprint density at radius 3 is 2.33 bits per heavy atom. The molecule has 2 rings (SSSR count). The standard InChI is InChI=1S/C16H22N2O3/c1-12(2)14(15(19)18-10-6-7-11-18)17-16(20)21-13-8-4-3-5-9-13/h3-5,8-9,12,14H,6-7,10-11H2,1-2H3,(H,17,20)/t14-/m0/s1. The van der Waals surface area contributed by atoms with Gasteiger partial charge in [0.1, 0.15) is 11.8 Å². The van der Waals surface area contributed by atoms with Crippen molar-refractivity contribution in [2.45, 2.75) is 32.7 Å². The second-order valence-electron chi connectivity index (χ2n) is 5.60. The molecular weight excluding hydrogens is 268 g/mol. The fourth-order valence-corrected chi connectivity index (χ4v) is 2.40. The molecule has 2 amide bonds. The van der Waals surface area contributed by atoms with Crippen molar-refractivity contribution in [2.24, 2.45) is 5.92 Å². The molecule has 0 saturated carbocycles. The van der Waals surface area contributed by atoms with Gasteiger partial charge in [-0.2, -0.15) is 0 Å². The largest absolute Gasteiger partial charge is 0.413 e. The van der Waals surface area contributed by atoms with E-state index in [0.717, 1.165) is 25.9 Å². The molecule has 0 aromatic heterocycles. The van der Waals surface area contributed by atoms with Gasteiger partial charge in [0.15, 0.2) is 0 Å². The Balaban J connectivity index is 1.95. The van der Waals surface area contributed by atoms with Crippen molar-refractivity contribution in [2.75, 3.05) is 13.1 Å². The highest BCUT2D eigenvalue weighted by Gasteiger charge is 2.30. The number of amides is 2. The molecular formula is C16H22N2O3. The first-order chi connectivity index (χ1) is 10.1. The van der Waals surface area contributed by atoms with Gasteiger partial charge in [0.25, 0.3) is 0 Å². The summed E-state index contributed by atoms with van der Waals surface area (Å²) in [5.41, 5.74) is 0. The second kappa shape index (κ2) is 7.11. The van der Waals surface area contributed by atoms with Gasteiger partial charge in [-0.1, -0.05) is 32.0 Å². The Labute approximate surface area is 125 Å². The zero-order chi connectivity index (χ0) is 15.2. The highest BCUT2D eigenvalue weighted by molar-refractivity contribution is 5.86. The van der Waals surface area contributed by atoms with Gasteiger partial charge in [0.2, 0.25) is 5.91 Å². The predicted molar refractivity (Wildman–Crippen MR) is 80.0 cm³/mol. The highest BCUT2D eigenvalue weighted by Crippen LogP contribution is 2.14. The maximum absolute atomic E-state index is 12.4. The van der Waals surface area contributed by atoms with Crippen LogP contribution in [0.15, 0.2) is 30.3 Å². The number of benzene rings is 1. The lowest BCUT2D eigenvalue weighted by Gasteiger charge is -2.26. The lowest BCUT2D eigenvalue weighted by molar-refractivity contribution is -0.133. The normalized spacial score (nSPS) is 15.9. The molecule has 5 heteroatoms. The Morgan fingerprint density at radius 1 is 1.14 bits per heavy atom. The van der Waals surface area contributed by atoms with Crippen molar-refractivity contribution in [3.8, 4) is 5.75 Å². The average Bonchev–Trinajstić information content (AvgIpc) is 2.99. The third kappa shape index (κ3) is 4.21. The zero-order valence-electron chi connectivity index (χ0n) is 12.5. The minimum atomic E-state index is -0.590. The predicted octanol–water partition coefficient (Wildman–Crippen LogP) is 2.42. The molecule has 1 atom stereocenters. The fraction of sp³-hybridized carbons (Fsp3) is 0.500. The van der Waals surface area contributed by atoms with Crippen LogP contribution < -0.4 is 10.1 Å². The van der Waals surface area contributed by atoms with Crippen LogP contribution in [0.5, 0.6) is 5.75 Å². The first-order valence-corrected chi connectivity index (χ1v) is 7.40.